The van der Waals surface area contributed by atoms with Gasteiger partial charge < -0.3 is 41.2 Å². The third-order valence-corrected chi connectivity index (χ3v) is 10.3. The van der Waals surface area contributed by atoms with Gasteiger partial charge in [0.15, 0.2) is 5.60 Å². The summed E-state index contributed by atoms with van der Waals surface area (Å²) in [7, 11) is 0. The standard InChI is InChI=1S/C38H41N7O8/c1-2-38(52)25-14-29-34-23(18-45(29)36(50)24(25)19-53-37(38)51)21-9-6-10-22-26(11-12-27(44-34)33(21)22)42-32(48)17-41-35(49)28(13-20-7-4-3-5-8-20)43-31(47)16-40-30(46)15-39/h3-5,7-8,11-12,14,28,30,40,46,52H,2,6,9-10,13,15-19,39H2,1H3,(H,41,49)(H,42,48)(H,43,47)/t28-,30?,38-/m0/s1. The van der Waals surface area contributed by atoms with E-state index in [-0.39, 0.29) is 62.3 Å². The molecule has 2 aromatic carbocycles. The van der Waals surface area contributed by atoms with Gasteiger partial charge in [0.25, 0.3) is 5.56 Å². The normalized spacial score (nSPS) is 17.9. The number of anilines is 1. The number of cyclic esters (lactones) is 1. The minimum atomic E-state index is -1.92. The summed E-state index contributed by atoms with van der Waals surface area (Å²) in [6.45, 7) is 1.04. The highest BCUT2D eigenvalue weighted by Gasteiger charge is 2.45. The smallest absolute Gasteiger partial charge is 0.343 e. The number of hydrogen-bond donors (Lipinski definition) is 7. The maximum Gasteiger partial charge on any atom is 0.343 e. The number of carbonyl (C=O) groups is 4. The highest BCUT2D eigenvalue weighted by molar-refractivity contribution is 6.01. The average molecular weight is 724 g/mol. The number of fused-ring (bicyclic) bond motifs is 5. The Hall–Kier alpha value is -5.48. The highest BCUT2D eigenvalue weighted by atomic mass is 16.6. The Morgan fingerprint density at radius 1 is 1.02 bits per heavy atom. The highest BCUT2D eigenvalue weighted by Crippen LogP contribution is 2.43. The number of nitrogens with one attached hydrogen (secondary N) is 4. The molecule has 2 aliphatic heterocycles. The van der Waals surface area contributed by atoms with Crippen molar-refractivity contribution in [1.29, 1.82) is 0 Å². The molecule has 0 bridgehead atoms. The van der Waals surface area contributed by atoms with Crippen LogP contribution in [0.3, 0.4) is 0 Å². The molecule has 0 saturated heterocycles. The number of aliphatic hydroxyl groups excluding tert-OH is 1. The van der Waals surface area contributed by atoms with Crippen molar-refractivity contribution < 1.29 is 34.1 Å². The molecule has 15 heteroatoms. The monoisotopic (exact) mass is 723 g/mol. The molecule has 3 amide bonds. The van der Waals surface area contributed by atoms with Crippen LogP contribution in [0.5, 0.6) is 0 Å². The maximum absolute atomic E-state index is 13.7. The molecule has 0 radical (unpaired) electrons. The van der Waals surface area contributed by atoms with Gasteiger partial charge >= 0.3 is 5.97 Å². The topological polar surface area (TPSA) is 227 Å². The molecule has 3 aliphatic rings. The van der Waals surface area contributed by atoms with Gasteiger partial charge in [-0.1, -0.05) is 37.3 Å². The Kier molecular flexibility index (Phi) is 9.83. The van der Waals surface area contributed by atoms with Crippen molar-refractivity contribution in [2.45, 2.75) is 70.1 Å². The van der Waals surface area contributed by atoms with Crippen molar-refractivity contribution in [1.82, 2.24) is 25.5 Å². The van der Waals surface area contributed by atoms with Gasteiger partial charge in [0.05, 0.1) is 42.1 Å². The van der Waals surface area contributed by atoms with Crippen LogP contribution in [-0.4, -0.2) is 75.4 Å². The number of ether oxygens (including phenoxy) is 1. The number of pyridine rings is 2. The summed E-state index contributed by atoms with van der Waals surface area (Å²) in [5.74, 6) is -2.31. The molecule has 4 heterocycles. The van der Waals surface area contributed by atoms with E-state index in [9.17, 15) is 34.2 Å². The molecular formula is C38H41N7O8. The summed E-state index contributed by atoms with van der Waals surface area (Å²) < 4.78 is 6.82. The fourth-order valence-electron chi connectivity index (χ4n) is 7.52. The number of benzene rings is 2. The third-order valence-electron chi connectivity index (χ3n) is 10.3. The number of nitrogens with zero attached hydrogens (tertiary/aromatic N) is 2. The quantitative estimate of drug-likeness (QED) is 0.0681. The van der Waals surface area contributed by atoms with Crippen LogP contribution in [0.15, 0.2) is 53.3 Å². The summed E-state index contributed by atoms with van der Waals surface area (Å²) in [4.78, 5) is 70.4. The predicted octanol–water partition coefficient (Wildman–Crippen LogP) is 0.217. The fourth-order valence-corrected chi connectivity index (χ4v) is 7.52. The second-order valence-electron chi connectivity index (χ2n) is 13.6. The number of aromatic nitrogens is 2. The first kappa shape index (κ1) is 35.9. The van der Waals surface area contributed by atoms with Crippen molar-refractivity contribution in [2.24, 2.45) is 5.73 Å². The average Bonchev–Trinajstić information content (AvgIpc) is 3.54. The Balaban J connectivity index is 1.11. The van der Waals surface area contributed by atoms with Crippen LogP contribution >= 0.6 is 0 Å². The molecular weight excluding hydrogens is 682 g/mol. The summed E-state index contributed by atoms with van der Waals surface area (Å²) in [5.41, 5.74) is 9.73. The molecule has 15 nitrogen and oxygen atoms in total. The summed E-state index contributed by atoms with van der Waals surface area (Å²) >= 11 is 0. The SMILES string of the molecule is CC[C@@]1(O)C(=O)OCc2c1cc1n(c2=O)Cc2c-1nc1ccc(NC(=O)CNC(=O)[C@H](Cc3ccccc3)NC(=O)CNC(O)CN)c3c1c2CCC3. The zero-order valence-electron chi connectivity index (χ0n) is 29.2. The van der Waals surface area contributed by atoms with E-state index in [1.807, 2.05) is 36.4 Å². The number of aryl methyl sites for hydroxylation is 2. The second-order valence-corrected chi connectivity index (χ2v) is 13.6. The van der Waals surface area contributed by atoms with E-state index in [0.717, 1.165) is 40.5 Å². The Morgan fingerprint density at radius 3 is 2.55 bits per heavy atom. The number of hydrogen-bond acceptors (Lipinski definition) is 11. The van der Waals surface area contributed by atoms with Crippen LogP contribution in [0, 0.1) is 0 Å². The summed E-state index contributed by atoms with van der Waals surface area (Å²) in [6, 6.07) is 13.4. The van der Waals surface area contributed by atoms with Crippen LogP contribution in [0.25, 0.3) is 22.3 Å². The van der Waals surface area contributed by atoms with E-state index < -0.39 is 41.6 Å². The molecule has 276 valence electrons. The number of esters is 1. The van der Waals surface area contributed by atoms with Crippen molar-refractivity contribution in [2.75, 3.05) is 25.0 Å². The lowest BCUT2D eigenvalue weighted by atomic mass is 9.85. The first-order chi connectivity index (χ1) is 25.5. The Labute approximate surface area is 303 Å². The first-order valence-electron chi connectivity index (χ1n) is 17.7. The lowest BCUT2D eigenvalue weighted by Gasteiger charge is -2.31. The lowest BCUT2D eigenvalue weighted by molar-refractivity contribution is -0.172. The fraction of sp³-hybridized carbons (Fsp3) is 0.368. The zero-order chi connectivity index (χ0) is 37.4. The largest absolute Gasteiger partial charge is 0.458 e. The summed E-state index contributed by atoms with van der Waals surface area (Å²) in [5, 5.41) is 32.6. The number of aliphatic hydroxyl groups is 2. The van der Waals surface area contributed by atoms with Gasteiger partial charge in [0, 0.05) is 35.2 Å². The molecule has 0 spiro atoms. The van der Waals surface area contributed by atoms with Gasteiger partial charge in [-0.3, -0.25) is 24.5 Å². The van der Waals surface area contributed by atoms with Gasteiger partial charge in [-0.15, -0.1) is 0 Å². The minimum absolute atomic E-state index is 0.0520. The summed E-state index contributed by atoms with van der Waals surface area (Å²) in [6.07, 6.45) is 1.36. The van der Waals surface area contributed by atoms with Crippen molar-refractivity contribution in [3.05, 3.63) is 92.3 Å². The molecule has 0 saturated carbocycles. The molecule has 1 unspecified atom stereocenters. The van der Waals surface area contributed by atoms with E-state index in [1.165, 1.54) is 0 Å². The Morgan fingerprint density at radius 2 is 1.79 bits per heavy atom. The van der Waals surface area contributed by atoms with E-state index in [0.29, 0.717) is 29.0 Å². The number of nitrogens with two attached hydrogens (primary N) is 1. The zero-order valence-corrected chi connectivity index (χ0v) is 29.2. The molecule has 7 rings (SSSR count). The predicted molar refractivity (Wildman–Crippen MR) is 193 cm³/mol. The first-order valence-corrected chi connectivity index (χ1v) is 17.7. The minimum Gasteiger partial charge on any atom is -0.458 e. The van der Waals surface area contributed by atoms with Gasteiger partial charge in [0.2, 0.25) is 17.7 Å². The number of amides is 3. The number of rotatable bonds is 12. The van der Waals surface area contributed by atoms with Crippen molar-refractivity contribution in [3.63, 3.8) is 0 Å². The van der Waals surface area contributed by atoms with E-state index in [2.05, 4.69) is 21.3 Å². The number of carbonyl (C=O) groups excluding carboxylic acids is 4. The van der Waals surface area contributed by atoms with Crippen molar-refractivity contribution in [3.8, 4) is 11.4 Å². The maximum atomic E-state index is 13.7. The Bertz CT molecular complexity index is 2200. The third kappa shape index (κ3) is 6.68. The van der Waals surface area contributed by atoms with Crippen LogP contribution in [-0.2, 0) is 61.9 Å². The van der Waals surface area contributed by atoms with Gasteiger partial charge in [-0.25, -0.2) is 9.78 Å². The van der Waals surface area contributed by atoms with Crippen molar-refractivity contribution >= 4 is 40.3 Å². The van der Waals surface area contributed by atoms with Crippen LogP contribution < -0.4 is 32.6 Å². The lowest BCUT2D eigenvalue weighted by Crippen LogP contribution is -2.52. The van der Waals surface area contributed by atoms with Crippen LogP contribution in [0.1, 0.15) is 53.1 Å². The molecule has 0 fully saturated rings. The molecule has 8 N–H and O–H groups in total. The van der Waals surface area contributed by atoms with E-state index >= 15 is 0 Å². The molecule has 2 aromatic heterocycles. The second kappa shape index (κ2) is 14.5. The van der Waals surface area contributed by atoms with E-state index in [4.69, 9.17) is 15.5 Å². The van der Waals surface area contributed by atoms with E-state index in [1.54, 1.807) is 23.6 Å². The van der Waals surface area contributed by atoms with Crippen LogP contribution in [0.4, 0.5) is 5.69 Å². The molecule has 4 aromatic rings. The molecule has 1 aliphatic carbocycles. The molecule has 53 heavy (non-hydrogen) atoms. The van der Waals surface area contributed by atoms with Gasteiger partial charge in [0.1, 0.15) is 18.9 Å². The van der Waals surface area contributed by atoms with Gasteiger partial charge in [-0.05, 0) is 60.6 Å². The van der Waals surface area contributed by atoms with Crippen LogP contribution in [0.2, 0.25) is 0 Å². The molecule has 3 atom stereocenters. The van der Waals surface area contributed by atoms with Gasteiger partial charge in [-0.2, -0.15) is 0 Å².